The van der Waals surface area contributed by atoms with E-state index < -0.39 is 0 Å². The van der Waals surface area contributed by atoms with E-state index in [-0.39, 0.29) is 48.2 Å². The third-order valence-corrected chi connectivity index (χ3v) is 5.63. The molecular weight excluding hydrogens is 462 g/mol. The molecule has 8 heteroatoms. The molecule has 1 amide bonds. The maximum absolute atomic E-state index is 13.2. The van der Waals surface area contributed by atoms with Gasteiger partial charge in [0.15, 0.2) is 12.5 Å². The first-order chi connectivity index (χ1) is 17.1. The first-order valence-electron chi connectivity index (χ1n) is 12.4. The molecule has 2 aromatic rings. The predicted molar refractivity (Wildman–Crippen MR) is 134 cm³/mol. The highest BCUT2D eigenvalue weighted by Crippen LogP contribution is 2.29. The number of amides is 1. The molecule has 1 saturated heterocycles. The van der Waals surface area contributed by atoms with Gasteiger partial charge in [-0.25, -0.2) is 0 Å². The highest BCUT2D eigenvalue weighted by molar-refractivity contribution is 6.11. The predicted octanol–water partition coefficient (Wildman–Crippen LogP) is 4.50. The summed E-state index contributed by atoms with van der Waals surface area (Å²) >= 11 is 0. The Morgan fingerprint density at radius 1 is 1.06 bits per heavy atom. The van der Waals surface area contributed by atoms with Crippen molar-refractivity contribution in [3.8, 4) is 17.2 Å². The van der Waals surface area contributed by atoms with Crippen molar-refractivity contribution < 1.29 is 33.7 Å². The van der Waals surface area contributed by atoms with Gasteiger partial charge in [0.1, 0.15) is 17.2 Å². The monoisotopic (exact) mass is 497 g/mol. The van der Waals surface area contributed by atoms with E-state index in [1.807, 2.05) is 13.8 Å². The molecule has 1 aliphatic rings. The van der Waals surface area contributed by atoms with Crippen LogP contribution in [0.3, 0.4) is 0 Å². The molecule has 0 aliphatic carbocycles. The number of hydrogen-bond donors (Lipinski definition) is 1. The molecule has 0 aromatic heterocycles. The molecule has 0 radical (unpaired) electrons. The molecule has 1 aliphatic heterocycles. The number of rotatable bonds is 12. The van der Waals surface area contributed by atoms with Crippen molar-refractivity contribution >= 4 is 17.7 Å². The Balaban J connectivity index is 1.80. The van der Waals surface area contributed by atoms with Crippen LogP contribution in [0.25, 0.3) is 0 Å². The fraction of sp³-hybridized carbons (Fsp3) is 0.464. The van der Waals surface area contributed by atoms with E-state index in [1.165, 1.54) is 12.1 Å². The average molecular weight is 498 g/mol. The molecule has 8 nitrogen and oxygen atoms in total. The SMILES string of the molecule is CC(C)COc1ccc(C(=O)c2ccc(OCN3CCCC3=O)c(CCC(=O)OC(C)C)c2)c(O)c1. The molecule has 36 heavy (non-hydrogen) atoms. The number of hydrogen-bond acceptors (Lipinski definition) is 7. The number of benzene rings is 2. The minimum Gasteiger partial charge on any atom is -0.507 e. The highest BCUT2D eigenvalue weighted by Gasteiger charge is 2.22. The highest BCUT2D eigenvalue weighted by atomic mass is 16.5. The van der Waals surface area contributed by atoms with Crippen LogP contribution >= 0.6 is 0 Å². The zero-order chi connectivity index (χ0) is 26.2. The maximum atomic E-state index is 13.2. The molecule has 1 heterocycles. The van der Waals surface area contributed by atoms with E-state index in [9.17, 15) is 19.5 Å². The van der Waals surface area contributed by atoms with Gasteiger partial charge < -0.3 is 24.2 Å². The third kappa shape index (κ3) is 7.47. The number of carbonyl (C=O) groups excluding carboxylic acids is 3. The summed E-state index contributed by atoms with van der Waals surface area (Å²) in [5, 5.41) is 10.5. The molecule has 2 aromatic carbocycles. The van der Waals surface area contributed by atoms with Crippen LogP contribution < -0.4 is 9.47 Å². The van der Waals surface area contributed by atoms with E-state index in [2.05, 4.69) is 0 Å². The topological polar surface area (TPSA) is 102 Å². The molecule has 3 rings (SSSR count). The van der Waals surface area contributed by atoms with Crippen molar-refractivity contribution in [2.24, 2.45) is 5.92 Å². The second kappa shape index (κ2) is 12.4. The number of ether oxygens (including phenoxy) is 3. The van der Waals surface area contributed by atoms with Crippen LogP contribution in [-0.4, -0.2) is 53.7 Å². The number of carbonyl (C=O) groups is 3. The van der Waals surface area contributed by atoms with E-state index in [4.69, 9.17) is 14.2 Å². The Morgan fingerprint density at radius 3 is 2.47 bits per heavy atom. The van der Waals surface area contributed by atoms with Crippen LogP contribution in [0.2, 0.25) is 0 Å². The van der Waals surface area contributed by atoms with Crippen molar-refractivity contribution in [1.29, 1.82) is 0 Å². The van der Waals surface area contributed by atoms with Crippen LogP contribution in [0.1, 0.15) is 68.4 Å². The maximum Gasteiger partial charge on any atom is 0.306 e. The van der Waals surface area contributed by atoms with Gasteiger partial charge in [-0.1, -0.05) is 13.8 Å². The lowest BCUT2D eigenvalue weighted by Gasteiger charge is -2.19. The van der Waals surface area contributed by atoms with Crippen molar-refractivity contribution in [2.45, 2.75) is 59.5 Å². The van der Waals surface area contributed by atoms with Gasteiger partial charge in [-0.3, -0.25) is 14.4 Å². The summed E-state index contributed by atoms with van der Waals surface area (Å²) in [5.41, 5.74) is 1.14. The summed E-state index contributed by atoms with van der Waals surface area (Å²) in [5.74, 6) is 0.463. The van der Waals surface area contributed by atoms with Gasteiger partial charge in [-0.15, -0.1) is 0 Å². The lowest BCUT2D eigenvalue weighted by molar-refractivity contribution is -0.147. The summed E-state index contributed by atoms with van der Waals surface area (Å²) in [6, 6.07) is 9.56. The van der Waals surface area contributed by atoms with E-state index >= 15 is 0 Å². The molecule has 0 spiro atoms. The summed E-state index contributed by atoms with van der Waals surface area (Å²) in [4.78, 5) is 38.9. The summed E-state index contributed by atoms with van der Waals surface area (Å²) < 4.78 is 16.8. The quantitative estimate of drug-likeness (QED) is 0.340. The van der Waals surface area contributed by atoms with Crippen molar-refractivity contribution in [3.05, 3.63) is 53.1 Å². The number of ketones is 1. The van der Waals surface area contributed by atoms with Crippen molar-refractivity contribution in [3.63, 3.8) is 0 Å². The molecule has 0 unspecified atom stereocenters. The van der Waals surface area contributed by atoms with Gasteiger partial charge in [0.05, 0.1) is 18.3 Å². The smallest absolute Gasteiger partial charge is 0.306 e. The first-order valence-corrected chi connectivity index (χ1v) is 12.4. The average Bonchev–Trinajstić information content (AvgIpc) is 3.24. The van der Waals surface area contributed by atoms with Gasteiger partial charge in [0, 0.05) is 31.0 Å². The molecular formula is C28H35NO7. The minimum absolute atomic E-state index is 0.0418. The zero-order valence-electron chi connectivity index (χ0n) is 21.4. The second-order valence-corrected chi connectivity index (χ2v) is 9.61. The molecule has 0 atom stereocenters. The molecule has 0 saturated carbocycles. The Morgan fingerprint density at radius 2 is 1.83 bits per heavy atom. The standard InChI is InChI=1S/C28H35NO7/c1-18(2)16-34-22-9-10-23(24(30)15-22)28(33)21-7-11-25(35-17-29-13-5-6-26(29)31)20(14-21)8-12-27(32)36-19(3)4/h7,9-11,14-15,18-19,30H,5-6,8,12-13,16-17H2,1-4H3. The van der Waals surface area contributed by atoms with Gasteiger partial charge >= 0.3 is 5.97 Å². The fourth-order valence-electron chi connectivity index (χ4n) is 3.82. The van der Waals surface area contributed by atoms with E-state index in [0.717, 1.165) is 6.42 Å². The summed E-state index contributed by atoms with van der Waals surface area (Å²) in [7, 11) is 0. The normalized spacial score (nSPS) is 13.4. The van der Waals surface area contributed by atoms with E-state index in [0.29, 0.717) is 54.5 Å². The lowest BCUT2D eigenvalue weighted by atomic mass is 9.98. The zero-order valence-corrected chi connectivity index (χ0v) is 21.4. The van der Waals surface area contributed by atoms with Gasteiger partial charge in [-0.05, 0) is 68.5 Å². The second-order valence-electron chi connectivity index (χ2n) is 9.61. The lowest BCUT2D eigenvalue weighted by Crippen LogP contribution is -2.29. The Bertz CT molecular complexity index is 1090. The number of likely N-dealkylation sites (tertiary alicyclic amines) is 1. The van der Waals surface area contributed by atoms with Crippen LogP contribution in [0.4, 0.5) is 0 Å². The number of aryl methyl sites for hydroxylation is 1. The molecule has 1 fully saturated rings. The molecule has 194 valence electrons. The summed E-state index contributed by atoms with van der Waals surface area (Å²) in [6.45, 7) is 8.85. The van der Waals surface area contributed by atoms with Gasteiger partial charge in [0.25, 0.3) is 0 Å². The summed E-state index contributed by atoms with van der Waals surface area (Å²) in [6.07, 6.45) is 1.49. The number of nitrogens with zero attached hydrogens (tertiary/aromatic N) is 1. The van der Waals surface area contributed by atoms with E-state index in [1.54, 1.807) is 43.0 Å². The molecule has 1 N–H and O–H groups in total. The Hall–Kier alpha value is -3.55. The molecule has 0 bridgehead atoms. The van der Waals surface area contributed by atoms with Crippen molar-refractivity contribution in [2.75, 3.05) is 19.9 Å². The number of phenolic OH excluding ortho intramolecular Hbond substituents is 1. The largest absolute Gasteiger partial charge is 0.507 e. The Kier molecular flexibility index (Phi) is 9.33. The fourth-order valence-corrected chi connectivity index (χ4v) is 3.82. The van der Waals surface area contributed by atoms with Crippen LogP contribution in [0.15, 0.2) is 36.4 Å². The Labute approximate surface area is 212 Å². The van der Waals surface area contributed by atoms with Crippen LogP contribution in [-0.2, 0) is 20.7 Å². The third-order valence-electron chi connectivity index (χ3n) is 5.63. The van der Waals surface area contributed by atoms with Crippen LogP contribution in [0.5, 0.6) is 17.2 Å². The van der Waals surface area contributed by atoms with Crippen LogP contribution in [0, 0.1) is 5.92 Å². The van der Waals surface area contributed by atoms with Gasteiger partial charge in [-0.2, -0.15) is 0 Å². The number of esters is 1. The van der Waals surface area contributed by atoms with Gasteiger partial charge in [0.2, 0.25) is 5.91 Å². The first kappa shape index (κ1) is 27.0. The minimum atomic E-state index is -0.366. The number of aromatic hydroxyl groups is 1. The number of phenols is 1. The van der Waals surface area contributed by atoms with Crippen molar-refractivity contribution in [1.82, 2.24) is 4.90 Å².